The normalized spacial score (nSPS) is 11.2. The number of oxazole rings is 1. The Bertz CT molecular complexity index is 731. The van der Waals surface area contributed by atoms with E-state index in [0.29, 0.717) is 17.4 Å². The maximum atomic E-state index is 9.16. The SMILES string of the molecule is Cc1oc(-c2ccco2)nc1CSc1ncc(CO)n1C. The summed E-state index contributed by atoms with van der Waals surface area (Å²) in [4.78, 5) is 8.73. The predicted molar refractivity (Wildman–Crippen MR) is 77.6 cm³/mol. The van der Waals surface area contributed by atoms with Gasteiger partial charge in [0.1, 0.15) is 5.76 Å². The molecule has 3 aromatic heterocycles. The summed E-state index contributed by atoms with van der Waals surface area (Å²) in [5.74, 6) is 2.52. The minimum atomic E-state index is -0.0182. The van der Waals surface area contributed by atoms with Crippen LogP contribution in [0, 0.1) is 6.92 Å². The lowest BCUT2D eigenvalue weighted by Gasteiger charge is -2.02. The highest BCUT2D eigenvalue weighted by molar-refractivity contribution is 7.98. The van der Waals surface area contributed by atoms with Crippen LogP contribution in [0.2, 0.25) is 0 Å². The number of aliphatic hydroxyl groups is 1. The summed E-state index contributed by atoms with van der Waals surface area (Å²) in [6.07, 6.45) is 3.26. The van der Waals surface area contributed by atoms with Crippen LogP contribution < -0.4 is 0 Å². The van der Waals surface area contributed by atoms with Crippen molar-refractivity contribution in [1.82, 2.24) is 14.5 Å². The van der Waals surface area contributed by atoms with Crippen molar-refractivity contribution in [1.29, 1.82) is 0 Å². The molecule has 3 heterocycles. The number of imidazole rings is 1. The van der Waals surface area contributed by atoms with Crippen molar-refractivity contribution >= 4 is 11.8 Å². The summed E-state index contributed by atoms with van der Waals surface area (Å²) in [5, 5.41) is 10.00. The molecule has 0 radical (unpaired) electrons. The molecule has 0 aromatic carbocycles. The van der Waals surface area contributed by atoms with E-state index in [1.165, 1.54) is 0 Å². The van der Waals surface area contributed by atoms with E-state index in [0.717, 1.165) is 22.3 Å². The van der Waals surface area contributed by atoms with Gasteiger partial charge in [0.05, 0.1) is 30.5 Å². The number of rotatable bonds is 5. The molecule has 0 aliphatic heterocycles. The molecule has 0 saturated carbocycles. The Morgan fingerprint density at radius 2 is 2.29 bits per heavy atom. The standard InChI is InChI=1S/C14H15N3O3S/c1-9-11(16-13(20-9)12-4-3-5-19-12)8-21-14-15-6-10(7-18)17(14)2/h3-6,18H,7-8H2,1-2H3. The van der Waals surface area contributed by atoms with E-state index < -0.39 is 0 Å². The lowest BCUT2D eigenvalue weighted by Crippen LogP contribution is -1.97. The maximum absolute atomic E-state index is 9.16. The number of hydrogen-bond donors (Lipinski definition) is 1. The van der Waals surface area contributed by atoms with Gasteiger partial charge in [0, 0.05) is 12.8 Å². The number of furan rings is 1. The van der Waals surface area contributed by atoms with Crippen LogP contribution >= 0.6 is 11.8 Å². The quantitative estimate of drug-likeness (QED) is 0.730. The average molecular weight is 305 g/mol. The van der Waals surface area contributed by atoms with Gasteiger partial charge in [-0.3, -0.25) is 0 Å². The van der Waals surface area contributed by atoms with E-state index in [9.17, 15) is 0 Å². The Morgan fingerprint density at radius 3 is 2.95 bits per heavy atom. The molecule has 6 nitrogen and oxygen atoms in total. The second-order valence-corrected chi connectivity index (χ2v) is 5.48. The Morgan fingerprint density at radius 1 is 1.43 bits per heavy atom. The molecular formula is C14H15N3O3S. The van der Waals surface area contributed by atoms with Gasteiger partial charge >= 0.3 is 0 Å². The van der Waals surface area contributed by atoms with Crippen molar-refractivity contribution in [2.45, 2.75) is 24.4 Å². The Balaban J connectivity index is 1.75. The van der Waals surface area contributed by atoms with E-state index in [1.807, 2.05) is 24.6 Å². The van der Waals surface area contributed by atoms with Gasteiger partial charge in [-0.15, -0.1) is 0 Å². The van der Waals surface area contributed by atoms with Gasteiger partial charge in [-0.05, 0) is 19.1 Å². The van der Waals surface area contributed by atoms with Gasteiger partial charge in [-0.25, -0.2) is 9.97 Å². The maximum Gasteiger partial charge on any atom is 0.263 e. The Hall–Kier alpha value is -1.99. The number of hydrogen-bond acceptors (Lipinski definition) is 6. The van der Waals surface area contributed by atoms with Crippen LogP contribution in [0.15, 0.2) is 38.6 Å². The van der Waals surface area contributed by atoms with Gasteiger partial charge in [-0.1, -0.05) is 11.8 Å². The highest BCUT2D eigenvalue weighted by atomic mass is 32.2. The first-order chi connectivity index (χ1) is 10.2. The van der Waals surface area contributed by atoms with Crippen LogP contribution in [-0.2, 0) is 19.4 Å². The largest absolute Gasteiger partial charge is 0.459 e. The van der Waals surface area contributed by atoms with E-state index in [4.69, 9.17) is 13.9 Å². The molecule has 0 bridgehead atoms. The summed E-state index contributed by atoms with van der Waals surface area (Å²) in [6.45, 7) is 1.86. The molecule has 0 amide bonds. The van der Waals surface area contributed by atoms with Crippen molar-refractivity contribution < 1.29 is 13.9 Å². The van der Waals surface area contributed by atoms with E-state index in [-0.39, 0.29) is 6.61 Å². The fourth-order valence-electron chi connectivity index (χ4n) is 1.91. The topological polar surface area (TPSA) is 77.2 Å². The molecule has 0 atom stereocenters. The first-order valence-corrected chi connectivity index (χ1v) is 7.42. The van der Waals surface area contributed by atoms with Gasteiger partial charge in [-0.2, -0.15) is 0 Å². The summed E-state index contributed by atoms with van der Waals surface area (Å²) in [6, 6.07) is 3.61. The molecule has 110 valence electrons. The molecule has 3 aromatic rings. The molecule has 0 unspecified atom stereocenters. The van der Waals surface area contributed by atoms with Gasteiger partial charge in [0.25, 0.3) is 5.89 Å². The molecule has 0 fully saturated rings. The summed E-state index contributed by atoms with van der Waals surface area (Å²) >= 11 is 1.55. The first-order valence-electron chi connectivity index (χ1n) is 6.43. The number of aryl methyl sites for hydroxylation is 1. The minimum absolute atomic E-state index is 0.0182. The molecule has 3 rings (SSSR count). The molecular weight excluding hydrogens is 290 g/mol. The molecule has 21 heavy (non-hydrogen) atoms. The highest BCUT2D eigenvalue weighted by Crippen LogP contribution is 2.27. The number of nitrogens with zero attached hydrogens (tertiary/aromatic N) is 3. The van der Waals surface area contributed by atoms with Crippen LogP contribution in [0.5, 0.6) is 0 Å². The van der Waals surface area contributed by atoms with Crippen molar-refractivity contribution in [3.05, 3.63) is 41.7 Å². The van der Waals surface area contributed by atoms with Crippen molar-refractivity contribution in [2.24, 2.45) is 7.05 Å². The van der Waals surface area contributed by atoms with Gasteiger partial charge < -0.3 is 18.5 Å². The third-order valence-corrected chi connectivity index (χ3v) is 4.22. The second kappa shape index (κ2) is 5.79. The monoisotopic (exact) mass is 305 g/mol. The zero-order valence-corrected chi connectivity index (χ0v) is 12.6. The molecule has 0 saturated heterocycles. The molecule has 0 aliphatic rings. The second-order valence-electron chi connectivity index (χ2n) is 4.54. The molecule has 0 aliphatic carbocycles. The lowest BCUT2D eigenvalue weighted by molar-refractivity contribution is 0.271. The zero-order chi connectivity index (χ0) is 14.8. The van der Waals surface area contributed by atoms with E-state index in [1.54, 1.807) is 30.3 Å². The van der Waals surface area contributed by atoms with Crippen LogP contribution in [-0.4, -0.2) is 19.6 Å². The summed E-state index contributed by atoms with van der Waals surface area (Å²) in [5.41, 5.74) is 1.64. The predicted octanol–water partition coefficient (Wildman–Crippen LogP) is 2.76. The van der Waals surface area contributed by atoms with E-state index in [2.05, 4.69) is 9.97 Å². The van der Waals surface area contributed by atoms with Gasteiger partial charge in [0.15, 0.2) is 10.9 Å². The van der Waals surface area contributed by atoms with Gasteiger partial charge in [0.2, 0.25) is 0 Å². The number of aromatic nitrogens is 3. The van der Waals surface area contributed by atoms with Crippen molar-refractivity contribution in [3.8, 4) is 11.7 Å². The van der Waals surface area contributed by atoms with Crippen LogP contribution in [0.25, 0.3) is 11.7 Å². The lowest BCUT2D eigenvalue weighted by atomic mass is 10.4. The summed E-state index contributed by atoms with van der Waals surface area (Å²) < 4.78 is 12.8. The smallest absolute Gasteiger partial charge is 0.263 e. The van der Waals surface area contributed by atoms with Crippen LogP contribution in [0.1, 0.15) is 17.1 Å². The Kier molecular flexibility index (Phi) is 3.85. The van der Waals surface area contributed by atoms with E-state index >= 15 is 0 Å². The number of aliphatic hydroxyl groups excluding tert-OH is 1. The third-order valence-electron chi connectivity index (χ3n) is 3.17. The molecule has 7 heteroatoms. The Labute approximate surface area is 125 Å². The average Bonchev–Trinajstić information content (AvgIpc) is 3.17. The highest BCUT2D eigenvalue weighted by Gasteiger charge is 2.15. The zero-order valence-electron chi connectivity index (χ0n) is 11.7. The fraction of sp³-hybridized carbons (Fsp3) is 0.286. The van der Waals surface area contributed by atoms with Crippen LogP contribution in [0.4, 0.5) is 0 Å². The minimum Gasteiger partial charge on any atom is -0.459 e. The van der Waals surface area contributed by atoms with Crippen molar-refractivity contribution in [3.63, 3.8) is 0 Å². The van der Waals surface area contributed by atoms with Crippen LogP contribution in [0.3, 0.4) is 0 Å². The molecule has 1 N–H and O–H groups in total. The summed E-state index contributed by atoms with van der Waals surface area (Å²) in [7, 11) is 1.88. The van der Waals surface area contributed by atoms with Crippen molar-refractivity contribution in [2.75, 3.05) is 0 Å². The number of thioether (sulfide) groups is 1. The third kappa shape index (κ3) is 2.74. The first kappa shape index (κ1) is 14.0. The molecule has 0 spiro atoms. The fourth-order valence-corrected chi connectivity index (χ4v) is 2.88.